The van der Waals surface area contributed by atoms with E-state index in [4.69, 9.17) is 5.11 Å². The Kier molecular flexibility index (Phi) is 4.74. The van der Waals surface area contributed by atoms with Crippen molar-refractivity contribution in [3.05, 3.63) is 59.7 Å². The molecule has 2 aromatic carbocycles. The number of rotatable bonds is 5. The Bertz CT molecular complexity index is 579. The lowest BCUT2D eigenvalue weighted by Gasteiger charge is -2.06. The van der Waals surface area contributed by atoms with Gasteiger partial charge >= 0.3 is 0 Å². The zero-order valence-corrected chi connectivity index (χ0v) is 11.0. The maximum Gasteiger partial charge on any atom is 0.228 e. The third kappa shape index (κ3) is 4.10. The van der Waals surface area contributed by atoms with Gasteiger partial charge in [-0.2, -0.15) is 0 Å². The average molecular weight is 271 g/mol. The van der Waals surface area contributed by atoms with E-state index in [1.807, 2.05) is 24.3 Å². The molecule has 0 unspecified atom stereocenters. The second-order valence-corrected chi connectivity index (χ2v) is 4.57. The topological polar surface area (TPSA) is 69.6 Å². The molecule has 1 amide bonds. The van der Waals surface area contributed by atoms with Gasteiger partial charge in [0.2, 0.25) is 5.91 Å². The van der Waals surface area contributed by atoms with Gasteiger partial charge in [-0.05, 0) is 41.8 Å². The molecule has 0 radical (unpaired) electrons. The van der Waals surface area contributed by atoms with Crippen LogP contribution in [0.15, 0.2) is 48.5 Å². The minimum Gasteiger partial charge on any atom is -0.508 e. The highest BCUT2D eigenvalue weighted by atomic mass is 16.3. The molecule has 4 heteroatoms. The van der Waals surface area contributed by atoms with Crippen LogP contribution >= 0.6 is 0 Å². The van der Waals surface area contributed by atoms with Crippen LogP contribution in [0, 0.1) is 0 Å². The molecule has 0 aliphatic heterocycles. The third-order valence-corrected chi connectivity index (χ3v) is 2.91. The molecule has 0 bridgehead atoms. The minimum atomic E-state index is -0.134. The van der Waals surface area contributed by atoms with Gasteiger partial charge in [0.25, 0.3) is 0 Å². The standard InChI is InChI=1S/C16H17NO3/c18-9-8-12-4-6-14(7-5-12)17-16(20)11-13-2-1-3-15(19)10-13/h1-7,10,18-19H,8-9,11H2,(H,17,20). The highest BCUT2D eigenvalue weighted by molar-refractivity contribution is 5.92. The van der Waals surface area contributed by atoms with E-state index < -0.39 is 0 Å². The Morgan fingerprint density at radius 2 is 1.80 bits per heavy atom. The summed E-state index contributed by atoms with van der Waals surface area (Å²) in [6.45, 7) is 0.114. The van der Waals surface area contributed by atoms with Gasteiger partial charge in [-0.25, -0.2) is 0 Å². The first-order valence-electron chi connectivity index (χ1n) is 6.45. The Hall–Kier alpha value is -2.33. The number of aliphatic hydroxyl groups excluding tert-OH is 1. The Morgan fingerprint density at radius 3 is 2.45 bits per heavy atom. The van der Waals surface area contributed by atoms with Gasteiger partial charge in [0.1, 0.15) is 5.75 Å². The van der Waals surface area contributed by atoms with Crippen molar-refractivity contribution in [1.29, 1.82) is 0 Å². The molecule has 20 heavy (non-hydrogen) atoms. The summed E-state index contributed by atoms with van der Waals surface area (Å²) in [7, 11) is 0. The Balaban J connectivity index is 1.94. The molecule has 0 heterocycles. The van der Waals surface area contributed by atoms with Crippen LogP contribution in [0.2, 0.25) is 0 Å². The summed E-state index contributed by atoms with van der Waals surface area (Å²) >= 11 is 0. The highest BCUT2D eigenvalue weighted by Crippen LogP contribution is 2.13. The number of carbonyl (C=O) groups is 1. The fraction of sp³-hybridized carbons (Fsp3) is 0.188. The van der Waals surface area contributed by atoms with E-state index in [0.29, 0.717) is 6.42 Å². The second kappa shape index (κ2) is 6.73. The number of hydrogen-bond donors (Lipinski definition) is 3. The first-order valence-corrected chi connectivity index (χ1v) is 6.45. The zero-order valence-electron chi connectivity index (χ0n) is 11.0. The van der Waals surface area contributed by atoms with Crippen molar-refractivity contribution < 1.29 is 15.0 Å². The van der Waals surface area contributed by atoms with Crippen molar-refractivity contribution in [2.75, 3.05) is 11.9 Å². The number of nitrogens with one attached hydrogen (secondary N) is 1. The summed E-state index contributed by atoms with van der Waals surface area (Å²) in [4.78, 5) is 11.9. The summed E-state index contributed by atoms with van der Waals surface area (Å²) < 4.78 is 0. The predicted octanol–water partition coefficient (Wildman–Crippen LogP) is 2.11. The predicted molar refractivity (Wildman–Crippen MR) is 77.7 cm³/mol. The maximum atomic E-state index is 11.9. The van der Waals surface area contributed by atoms with Crippen LogP contribution < -0.4 is 5.32 Å². The number of hydrogen-bond acceptors (Lipinski definition) is 3. The average Bonchev–Trinajstić information content (AvgIpc) is 2.41. The smallest absolute Gasteiger partial charge is 0.228 e. The molecule has 104 valence electrons. The number of aromatic hydroxyl groups is 1. The second-order valence-electron chi connectivity index (χ2n) is 4.57. The number of amides is 1. The van der Waals surface area contributed by atoms with Crippen LogP contribution in [-0.2, 0) is 17.6 Å². The van der Waals surface area contributed by atoms with Gasteiger partial charge in [-0.15, -0.1) is 0 Å². The Morgan fingerprint density at radius 1 is 1.05 bits per heavy atom. The minimum absolute atomic E-state index is 0.114. The van der Waals surface area contributed by atoms with Gasteiger partial charge in [-0.1, -0.05) is 24.3 Å². The first kappa shape index (κ1) is 14.1. The van der Waals surface area contributed by atoms with E-state index >= 15 is 0 Å². The molecule has 0 atom stereocenters. The van der Waals surface area contributed by atoms with Crippen LogP contribution in [0.4, 0.5) is 5.69 Å². The van der Waals surface area contributed by atoms with Crippen molar-refractivity contribution >= 4 is 11.6 Å². The summed E-state index contributed by atoms with van der Waals surface area (Å²) in [5.74, 6) is 0.0224. The molecular weight excluding hydrogens is 254 g/mol. The van der Waals surface area contributed by atoms with Gasteiger partial charge in [0.15, 0.2) is 0 Å². The fourth-order valence-electron chi connectivity index (χ4n) is 1.94. The monoisotopic (exact) mass is 271 g/mol. The van der Waals surface area contributed by atoms with E-state index in [0.717, 1.165) is 16.8 Å². The van der Waals surface area contributed by atoms with Crippen molar-refractivity contribution in [2.24, 2.45) is 0 Å². The molecule has 0 saturated heterocycles. The SMILES string of the molecule is O=C(Cc1cccc(O)c1)Nc1ccc(CCO)cc1. The van der Waals surface area contributed by atoms with Crippen LogP contribution in [0.25, 0.3) is 0 Å². The number of phenols is 1. The first-order chi connectivity index (χ1) is 9.67. The lowest BCUT2D eigenvalue weighted by atomic mass is 10.1. The quantitative estimate of drug-likeness (QED) is 0.780. The number of carbonyl (C=O) groups excluding carboxylic acids is 1. The molecule has 0 fully saturated rings. The molecular formula is C16H17NO3. The normalized spacial score (nSPS) is 10.2. The highest BCUT2D eigenvalue weighted by Gasteiger charge is 2.05. The lowest BCUT2D eigenvalue weighted by molar-refractivity contribution is -0.115. The van der Waals surface area contributed by atoms with Crippen LogP contribution in [0.1, 0.15) is 11.1 Å². The number of anilines is 1. The molecule has 2 rings (SSSR count). The summed E-state index contributed by atoms with van der Waals surface area (Å²) in [5.41, 5.74) is 2.51. The lowest BCUT2D eigenvalue weighted by Crippen LogP contribution is -2.14. The van der Waals surface area contributed by atoms with Crippen LogP contribution in [-0.4, -0.2) is 22.7 Å². The zero-order chi connectivity index (χ0) is 14.4. The third-order valence-electron chi connectivity index (χ3n) is 2.91. The van der Waals surface area contributed by atoms with E-state index in [1.54, 1.807) is 24.3 Å². The molecule has 4 nitrogen and oxygen atoms in total. The largest absolute Gasteiger partial charge is 0.508 e. The van der Waals surface area contributed by atoms with Gasteiger partial charge < -0.3 is 15.5 Å². The van der Waals surface area contributed by atoms with Gasteiger partial charge in [0, 0.05) is 12.3 Å². The van der Waals surface area contributed by atoms with E-state index in [-0.39, 0.29) is 24.7 Å². The van der Waals surface area contributed by atoms with E-state index in [2.05, 4.69) is 5.32 Å². The molecule has 0 aliphatic rings. The summed E-state index contributed by atoms with van der Waals surface area (Å²) in [5, 5.41) is 21.0. The Labute approximate surface area is 117 Å². The number of benzene rings is 2. The molecule has 2 aromatic rings. The number of phenolic OH excluding ortho intramolecular Hbond substituents is 1. The molecule has 0 aliphatic carbocycles. The molecule has 0 spiro atoms. The maximum absolute atomic E-state index is 11.9. The molecule has 0 aromatic heterocycles. The number of aliphatic hydroxyl groups is 1. The van der Waals surface area contributed by atoms with Gasteiger partial charge in [-0.3, -0.25) is 4.79 Å². The van der Waals surface area contributed by atoms with Crippen molar-refractivity contribution in [3.63, 3.8) is 0 Å². The van der Waals surface area contributed by atoms with E-state index in [1.165, 1.54) is 0 Å². The van der Waals surface area contributed by atoms with Crippen molar-refractivity contribution in [3.8, 4) is 5.75 Å². The van der Waals surface area contributed by atoms with Crippen LogP contribution in [0.3, 0.4) is 0 Å². The van der Waals surface area contributed by atoms with Crippen molar-refractivity contribution in [1.82, 2.24) is 0 Å². The van der Waals surface area contributed by atoms with Gasteiger partial charge in [0.05, 0.1) is 6.42 Å². The molecule has 0 saturated carbocycles. The summed E-state index contributed by atoms with van der Waals surface area (Å²) in [6.07, 6.45) is 0.824. The fourth-order valence-corrected chi connectivity index (χ4v) is 1.94. The molecule has 3 N–H and O–H groups in total. The summed E-state index contributed by atoms with van der Waals surface area (Å²) in [6, 6.07) is 14.0. The van der Waals surface area contributed by atoms with E-state index in [9.17, 15) is 9.90 Å². The van der Waals surface area contributed by atoms with Crippen molar-refractivity contribution in [2.45, 2.75) is 12.8 Å². The van der Waals surface area contributed by atoms with Crippen LogP contribution in [0.5, 0.6) is 5.75 Å².